The molecule has 0 N–H and O–H groups in total. The monoisotopic (exact) mass is 312 g/mol. The van der Waals surface area contributed by atoms with Crippen molar-refractivity contribution >= 4 is 23.3 Å². The maximum Gasteiger partial charge on any atom is 0.349 e. The summed E-state index contributed by atoms with van der Waals surface area (Å²) in [5, 5.41) is 1.70. The zero-order chi connectivity index (χ0) is 16.3. The quantitative estimate of drug-likeness (QED) is 0.784. The molecular formula is C16H24O4S. The number of rotatable bonds is 4. The summed E-state index contributed by atoms with van der Waals surface area (Å²) in [4.78, 5) is 24.4. The molecule has 0 aliphatic heterocycles. The van der Waals surface area contributed by atoms with Gasteiger partial charge in [0.15, 0.2) is 0 Å². The van der Waals surface area contributed by atoms with Gasteiger partial charge in [-0.05, 0) is 22.3 Å². The van der Waals surface area contributed by atoms with Crippen molar-refractivity contribution in [1.82, 2.24) is 0 Å². The Morgan fingerprint density at radius 1 is 0.952 bits per heavy atom. The third-order valence-electron chi connectivity index (χ3n) is 2.34. The average Bonchev–Trinajstić information content (AvgIpc) is 2.80. The van der Waals surface area contributed by atoms with Crippen molar-refractivity contribution in [1.29, 1.82) is 0 Å². The molecule has 21 heavy (non-hydrogen) atoms. The van der Waals surface area contributed by atoms with Crippen LogP contribution in [0.4, 0.5) is 0 Å². The van der Waals surface area contributed by atoms with Gasteiger partial charge in [-0.15, -0.1) is 11.3 Å². The summed E-state index contributed by atoms with van der Waals surface area (Å²) in [6.07, 6.45) is 0. The van der Waals surface area contributed by atoms with Gasteiger partial charge < -0.3 is 9.47 Å². The molecule has 0 radical (unpaired) electrons. The second-order valence-corrected chi connectivity index (χ2v) is 8.35. The van der Waals surface area contributed by atoms with Crippen molar-refractivity contribution in [3.8, 4) is 0 Å². The minimum absolute atomic E-state index is 0.111. The van der Waals surface area contributed by atoms with E-state index in [0.29, 0.717) is 18.1 Å². The second-order valence-electron chi connectivity index (χ2n) is 7.44. The topological polar surface area (TPSA) is 52.6 Å². The maximum atomic E-state index is 12.1. The van der Waals surface area contributed by atoms with Gasteiger partial charge >= 0.3 is 11.9 Å². The molecular weight excluding hydrogens is 288 g/mol. The Kier molecular flexibility index (Phi) is 5.56. The number of esters is 2. The Morgan fingerprint density at radius 2 is 1.43 bits per heavy atom. The second kappa shape index (κ2) is 6.60. The van der Waals surface area contributed by atoms with Crippen LogP contribution in [0.2, 0.25) is 0 Å². The molecule has 0 bridgehead atoms. The van der Waals surface area contributed by atoms with E-state index >= 15 is 0 Å². The Morgan fingerprint density at radius 3 is 1.90 bits per heavy atom. The van der Waals surface area contributed by atoms with Gasteiger partial charge in [-0.25, -0.2) is 9.59 Å². The van der Waals surface area contributed by atoms with Crippen LogP contribution in [0.1, 0.15) is 61.6 Å². The van der Waals surface area contributed by atoms with Crippen molar-refractivity contribution in [2.45, 2.75) is 41.5 Å². The molecule has 1 heterocycles. The third-order valence-corrected chi connectivity index (χ3v) is 3.24. The van der Waals surface area contributed by atoms with Crippen LogP contribution in [0.15, 0.2) is 11.4 Å². The highest BCUT2D eigenvalue weighted by molar-refractivity contribution is 7.12. The first kappa shape index (κ1) is 17.7. The predicted molar refractivity (Wildman–Crippen MR) is 83.8 cm³/mol. The first-order valence-electron chi connectivity index (χ1n) is 6.91. The van der Waals surface area contributed by atoms with E-state index in [1.807, 2.05) is 41.5 Å². The van der Waals surface area contributed by atoms with Crippen molar-refractivity contribution in [2.75, 3.05) is 13.2 Å². The van der Waals surface area contributed by atoms with Gasteiger partial charge in [-0.1, -0.05) is 41.5 Å². The Balaban J connectivity index is 2.72. The summed E-state index contributed by atoms with van der Waals surface area (Å²) in [6.45, 7) is 12.5. The van der Waals surface area contributed by atoms with E-state index in [0.717, 1.165) is 0 Å². The van der Waals surface area contributed by atoms with E-state index < -0.39 is 11.9 Å². The van der Waals surface area contributed by atoms with Crippen LogP contribution in [-0.4, -0.2) is 25.2 Å². The molecule has 0 aliphatic rings. The van der Waals surface area contributed by atoms with Crippen molar-refractivity contribution in [3.63, 3.8) is 0 Å². The fourth-order valence-corrected chi connectivity index (χ4v) is 2.11. The number of carbonyl (C=O) groups excluding carboxylic acids is 2. The van der Waals surface area contributed by atoms with E-state index in [1.54, 1.807) is 11.4 Å². The Bertz CT molecular complexity index is 459. The van der Waals surface area contributed by atoms with Gasteiger partial charge in [-0.3, -0.25) is 0 Å². The highest BCUT2D eigenvalue weighted by Crippen LogP contribution is 2.22. The average molecular weight is 312 g/mol. The highest BCUT2D eigenvalue weighted by atomic mass is 32.1. The first-order chi connectivity index (χ1) is 9.49. The van der Waals surface area contributed by atoms with Gasteiger partial charge in [0.1, 0.15) is 4.88 Å². The summed E-state index contributed by atoms with van der Waals surface area (Å²) in [7, 11) is 0. The zero-order valence-corrected chi connectivity index (χ0v) is 14.4. The molecule has 0 aliphatic carbocycles. The number of hydrogen-bond donors (Lipinski definition) is 0. The van der Waals surface area contributed by atoms with Gasteiger partial charge in [-0.2, -0.15) is 0 Å². The fourth-order valence-electron chi connectivity index (χ4n) is 1.34. The van der Waals surface area contributed by atoms with Crippen LogP contribution < -0.4 is 0 Å². The number of ether oxygens (including phenoxy) is 2. The molecule has 0 spiro atoms. The number of thiophene rings is 1. The van der Waals surface area contributed by atoms with E-state index in [2.05, 4.69) is 0 Å². The van der Waals surface area contributed by atoms with Crippen molar-refractivity contribution in [2.24, 2.45) is 10.8 Å². The van der Waals surface area contributed by atoms with Gasteiger partial charge in [0.25, 0.3) is 0 Å². The van der Waals surface area contributed by atoms with Crippen LogP contribution in [-0.2, 0) is 9.47 Å². The number of hydrogen-bond acceptors (Lipinski definition) is 5. The molecule has 0 saturated heterocycles. The van der Waals surface area contributed by atoms with E-state index in [1.165, 1.54) is 11.3 Å². The molecule has 0 fully saturated rings. The molecule has 0 unspecified atom stereocenters. The van der Waals surface area contributed by atoms with Crippen LogP contribution in [0.3, 0.4) is 0 Å². The van der Waals surface area contributed by atoms with Crippen LogP contribution in [0, 0.1) is 10.8 Å². The molecule has 118 valence electrons. The smallest absolute Gasteiger partial charge is 0.349 e. The lowest BCUT2D eigenvalue weighted by molar-refractivity contribution is 0.0327. The first-order valence-corrected chi connectivity index (χ1v) is 7.79. The SMILES string of the molecule is CC(C)(C)COC(=O)c1ccsc1C(=O)OCC(C)(C)C. The Labute approximate surface area is 130 Å². The normalized spacial score (nSPS) is 12.1. The molecule has 1 aromatic heterocycles. The third kappa shape index (κ3) is 6.29. The van der Waals surface area contributed by atoms with Crippen molar-refractivity contribution < 1.29 is 19.1 Å². The minimum Gasteiger partial charge on any atom is -0.461 e. The summed E-state index contributed by atoms with van der Waals surface area (Å²) in [6, 6.07) is 1.60. The molecule has 0 amide bonds. The standard InChI is InChI=1S/C16H24O4S/c1-15(2,3)9-19-13(17)11-7-8-21-12(11)14(18)20-10-16(4,5)6/h7-8H,9-10H2,1-6H3. The van der Waals surface area contributed by atoms with Gasteiger partial charge in [0.05, 0.1) is 18.8 Å². The molecule has 4 nitrogen and oxygen atoms in total. The molecule has 5 heteroatoms. The van der Waals surface area contributed by atoms with Crippen LogP contribution in [0.25, 0.3) is 0 Å². The summed E-state index contributed by atoms with van der Waals surface area (Å²) in [5.74, 6) is -0.948. The summed E-state index contributed by atoms with van der Waals surface area (Å²) in [5.41, 5.74) is 0.0569. The Hall–Kier alpha value is -1.36. The number of carbonyl (C=O) groups is 2. The highest BCUT2D eigenvalue weighted by Gasteiger charge is 2.24. The summed E-state index contributed by atoms with van der Waals surface area (Å²) >= 11 is 1.19. The predicted octanol–water partition coefficient (Wildman–Crippen LogP) is 4.15. The van der Waals surface area contributed by atoms with Crippen molar-refractivity contribution in [3.05, 3.63) is 21.9 Å². The van der Waals surface area contributed by atoms with E-state index in [-0.39, 0.29) is 16.4 Å². The lowest BCUT2D eigenvalue weighted by Crippen LogP contribution is -2.21. The minimum atomic E-state index is -0.478. The van der Waals surface area contributed by atoms with E-state index in [9.17, 15) is 9.59 Å². The van der Waals surface area contributed by atoms with E-state index in [4.69, 9.17) is 9.47 Å². The lowest BCUT2D eigenvalue weighted by atomic mass is 9.98. The summed E-state index contributed by atoms with van der Waals surface area (Å²) < 4.78 is 10.5. The maximum absolute atomic E-state index is 12.1. The van der Waals surface area contributed by atoms with Gasteiger partial charge in [0, 0.05) is 0 Å². The molecule has 1 rings (SSSR count). The molecule has 0 aromatic carbocycles. The van der Waals surface area contributed by atoms with Crippen LogP contribution in [0.5, 0.6) is 0 Å². The van der Waals surface area contributed by atoms with Gasteiger partial charge in [0.2, 0.25) is 0 Å². The zero-order valence-electron chi connectivity index (χ0n) is 13.6. The molecule has 0 saturated carbocycles. The molecule has 0 atom stereocenters. The molecule has 1 aromatic rings. The lowest BCUT2D eigenvalue weighted by Gasteiger charge is -2.18. The van der Waals surface area contributed by atoms with Crippen LogP contribution >= 0.6 is 11.3 Å². The largest absolute Gasteiger partial charge is 0.461 e. The fraction of sp³-hybridized carbons (Fsp3) is 0.625.